The summed E-state index contributed by atoms with van der Waals surface area (Å²) in [4.78, 5) is 18.0. The first-order valence-electron chi connectivity index (χ1n) is 7.43. The maximum Gasteiger partial charge on any atom is 0.217 e. The Bertz CT molecular complexity index is 438. The minimum Gasteiger partial charge on any atom is -0.353 e. The Balaban J connectivity index is 0.00000220. The fraction of sp³-hybridized carbons (Fsp3) is 0.625. The van der Waals surface area contributed by atoms with E-state index in [1.54, 1.807) is 6.92 Å². The second-order valence-corrected chi connectivity index (χ2v) is 5.95. The van der Waals surface area contributed by atoms with Crippen LogP contribution in [0.5, 0.6) is 0 Å². The molecule has 0 bridgehead atoms. The zero-order valence-corrected chi connectivity index (χ0v) is 13.9. The van der Waals surface area contributed by atoms with E-state index in [0.29, 0.717) is 12.0 Å². The van der Waals surface area contributed by atoms with Gasteiger partial charge in [-0.1, -0.05) is 18.9 Å². The van der Waals surface area contributed by atoms with Crippen molar-refractivity contribution >= 4 is 18.3 Å². The van der Waals surface area contributed by atoms with Crippen LogP contribution in [-0.4, -0.2) is 35.9 Å². The Morgan fingerprint density at radius 3 is 2.67 bits per heavy atom. The Morgan fingerprint density at radius 1 is 1.38 bits per heavy atom. The third kappa shape index (κ3) is 4.68. The van der Waals surface area contributed by atoms with E-state index in [0.717, 1.165) is 12.8 Å². The molecular formula is C16H26ClN3O. The topological polar surface area (TPSA) is 45.2 Å². The van der Waals surface area contributed by atoms with Crippen LogP contribution in [0.25, 0.3) is 0 Å². The molecule has 5 heteroatoms. The van der Waals surface area contributed by atoms with Crippen LogP contribution in [-0.2, 0) is 4.79 Å². The molecule has 1 saturated carbocycles. The molecule has 1 aromatic rings. The molecule has 0 aromatic carbocycles. The van der Waals surface area contributed by atoms with E-state index in [4.69, 9.17) is 0 Å². The van der Waals surface area contributed by atoms with Crippen molar-refractivity contribution < 1.29 is 4.79 Å². The van der Waals surface area contributed by atoms with Crippen molar-refractivity contribution in [1.29, 1.82) is 0 Å². The van der Waals surface area contributed by atoms with Crippen LogP contribution in [0.15, 0.2) is 24.5 Å². The van der Waals surface area contributed by atoms with Gasteiger partial charge in [0, 0.05) is 31.4 Å². The van der Waals surface area contributed by atoms with Crippen LogP contribution >= 0.6 is 12.4 Å². The monoisotopic (exact) mass is 311 g/mol. The van der Waals surface area contributed by atoms with Gasteiger partial charge in [0.25, 0.3) is 0 Å². The van der Waals surface area contributed by atoms with Gasteiger partial charge in [-0.25, -0.2) is 0 Å². The van der Waals surface area contributed by atoms with Gasteiger partial charge in [-0.2, -0.15) is 0 Å². The summed E-state index contributed by atoms with van der Waals surface area (Å²) in [5.74, 6) is 0.525. The van der Waals surface area contributed by atoms with Crippen LogP contribution < -0.4 is 5.32 Å². The highest BCUT2D eigenvalue weighted by atomic mass is 35.5. The molecule has 1 aliphatic carbocycles. The molecule has 3 unspecified atom stereocenters. The highest BCUT2D eigenvalue weighted by molar-refractivity contribution is 5.85. The number of halogens is 1. The fourth-order valence-electron chi connectivity index (χ4n) is 3.46. The van der Waals surface area contributed by atoms with Gasteiger partial charge in [0.05, 0.1) is 0 Å². The van der Waals surface area contributed by atoms with Gasteiger partial charge in [0.1, 0.15) is 0 Å². The van der Waals surface area contributed by atoms with Gasteiger partial charge in [0.15, 0.2) is 0 Å². The SMILES string of the molecule is CC(=O)NC1CCCCC1C(c1cccnc1)N(C)C.Cl. The number of carbonyl (C=O) groups excluding carboxylic acids is 1. The lowest BCUT2D eigenvalue weighted by Crippen LogP contribution is -2.46. The third-order valence-electron chi connectivity index (χ3n) is 4.20. The molecule has 2 rings (SSSR count). The summed E-state index contributed by atoms with van der Waals surface area (Å²) in [6, 6.07) is 4.70. The molecule has 0 radical (unpaired) electrons. The number of pyridine rings is 1. The van der Waals surface area contributed by atoms with Crippen LogP contribution in [0.3, 0.4) is 0 Å². The number of hydrogen-bond donors (Lipinski definition) is 1. The number of nitrogens with zero attached hydrogens (tertiary/aromatic N) is 2. The molecule has 21 heavy (non-hydrogen) atoms. The number of amides is 1. The van der Waals surface area contributed by atoms with E-state index in [2.05, 4.69) is 35.4 Å². The summed E-state index contributed by atoms with van der Waals surface area (Å²) in [6.07, 6.45) is 8.43. The van der Waals surface area contributed by atoms with Crippen molar-refractivity contribution in [2.24, 2.45) is 5.92 Å². The first-order valence-corrected chi connectivity index (χ1v) is 7.43. The molecule has 0 spiro atoms. The highest BCUT2D eigenvalue weighted by Gasteiger charge is 2.34. The molecular weight excluding hydrogens is 286 g/mol. The molecule has 1 aliphatic rings. The lowest BCUT2D eigenvalue weighted by molar-refractivity contribution is -0.120. The summed E-state index contributed by atoms with van der Waals surface area (Å²) in [6.45, 7) is 1.61. The van der Waals surface area contributed by atoms with Gasteiger partial charge < -0.3 is 10.2 Å². The summed E-state index contributed by atoms with van der Waals surface area (Å²) >= 11 is 0. The minimum atomic E-state index is 0. The quantitative estimate of drug-likeness (QED) is 0.930. The molecule has 118 valence electrons. The van der Waals surface area contributed by atoms with Gasteiger partial charge >= 0.3 is 0 Å². The molecule has 1 N–H and O–H groups in total. The van der Waals surface area contributed by atoms with Crippen molar-refractivity contribution in [2.45, 2.75) is 44.7 Å². The van der Waals surface area contributed by atoms with Crippen molar-refractivity contribution in [2.75, 3.05) is 14.1 Å². The smallest absolute Gasteiger partial charge is 0.217 e. The van der Waals surface area contributed by atoms with E-state index in [1.165, 1.54) is 18.4 Å². The predicted molar refractivity (Wildman–Crippen MR) is 87.5 cm³/mol. The Hall–Kier alpha value is -1.13. The minimum absolute atomic E-state index is 0. The first kappa shape index (κ1) is 17.9. The molecule has 1 aromatic heterocycles. The van der Waals surface area contributed by atoms with Crippen molar-refractivity contribution in [3.8, 4) is 0 Å². The van der Waals surface area contributed by atoms with E-state index in [9.17, 15) is 4.79 Å². The molecule has 1 heterocycles. The lowest BCUT2D eigenvalue weighted by Gasteiger charge is -2.40. The zero-order valence-electron chi connectivity index (χ0n) is 13.1. The van der Waals surface area contributed by atoms with Crippen molar-refractivity contribution in [3.63, 3.8) is 0 Å². The standard InChI is InChI=1S/C16H25N3O.ClH/c1-12(20)18-15-9-5-4-8-14(15)16(19(2)3)13-7-6-10-17-11-13;/h6-7,10-11,14-16H,4-5,8-9H2,1-3H3,(H,18,20);1H. The second-order valence-electron chi connectivity index (χ2n) is 5.95. The van der Waals surface area contributed by atoms with Crippen molar-refractivity contribution in [1.82, 2.24) is 15.2 Å². The van der Waals surface area contributed by atoms with Gasteiger partial charge in [-0.15, -0.1) is 12.4 Å². The Labute approximate surface area is 133 Å². The number of rotatable bonds is 4. The van der Waals surface area contributed by atoms with Gasteiger partial charge in [-0.3, -0.25) is 9.78 Å². The number of carbonyl (C=O) groups is 1. The summed E-state index contributed by atoms with van der Waals surface area (Å²) in [5.41, 5.74) is 1.24. The average molecular weight is 312 g/mol. The van der Waals surface area contributed by atoms with E-state index < -0.39 is 0 Å². The summed E-state index contributed by atoms with van der Waals surface area (Å²) < 4.78 is 0. The predicted octanol–water partition coefficient (Wildman–Crippen LogP) is 2.80. The zero-order chi connectivity index (χ0) is 14.5. The number of hydrogen-bond acceptors (Lipinski definition) is 3. The lowest BCUT2D eigenvalue weighted by atomic mass is 9.77. The normalized spacial score (nSPS) is 23.2. The summed E-state index contributed by atoms with van der Waals surface area (Å²) in [5, 5.41) is 3.15. The second kappa shape index (κ2) is 8.35. The van der Waals surface area contributed by atoms with Crippen LogP contribution in [0.1, 0.15) is 44.2 Å². The molecule has 4 nitrogen and oxygen atoms in total. The Morgan fingerprint density at radius 2 is 2.10 bits per heavy atom. The largest absolute Gasteiger partial charge is 0.353 e. The molecule has 0 aliphatic heterocycles. The highest BCUT2D eigenvalue weighted by Crippen LogP contribution is 2.37. The van der Waals surface area contributed by atoms with E-state index in [1.807, 2.05) is 18.5 Å². The van der Waals surface area contributed by atoms with E-state index in [-0.39, 0.29) is 24.4 Å². The van der Waals surface area contributed by atoms with E-state index >= 15 is 0 Å². The molecule has 3 atom stereocenters. The number of aromatic nitrogens is 1. The maximum atomic E-state index is 11.4. The third-order valence-corrected chi connectivity index (χ3v) is 4.20. The van der Waals surface area contributed by atoms with Crippen LogP contribution in [0.2, 0.25) is 0 Å². The summed E-state index contributed by atoms with van der Waals surface area (Å²) in [7, 11) is 4.22. The van der Waals surface area contributed by atoms with Gasteiger partial charge in [-0.05, 0) is 44.5 Å². The van der Waals surface area contributed by atoms with Crippen LogP contribution in [0.4, 0.5) is 0 Å². The Kier molecular flexibility index (Phi) is 7.12. The number of nitrogens with one attached hydrogen (secondary N) is 1. The maximum absolute atomic E-state index is 11.4. The molecule has 1 fully saturated rings. The first-order chi connectivity index (χ1) is 9.59. The fourth-order valence-corrected chi connectivity index (χ4v) is 3.46. The average Bonchev–Trinajstić information content (AvgIpc) is 2.41. The molecule has 1 amide bonds. The van der Waals surface area contributed by atoms with Crippen LogP contribution in [0, 0.1) is 5.92 Å². The van der Waals surface area contributed by atoms with Gasteiger partial charge in [0.2, 0.25) is 5.91 Å². The van der Waals surface area contributed by atoms with Crippen molar-refractivity contribution in [3.05, 3.63) is 30.1 Å². The molecule has 0 saturated heterocycles.